The maximum atomic E-state index is 12.2. The van der Waals surface area contributed by atoms with Crippen molar-refractivity contribution in [3.05, 3.63) is 65.2 Å². The van der Waals surface area contributed by atoms with Gasteiger partial charge in [-0.05, 0) is 35.7 Å². The Bertz CT molecular complexity index is 810. The van der Waals surface area contributed by atoms with Crippen LogP contribution in [0.4, 0.5) is 5.69 Å². The molecule has 1 heterocycles. The third-order valence-electron chi connectivity index (χ3n) is 5.04. The van der Waals surface area contributed by atoms with Crippen molar-refractivity contribution in [2.75, 3.05) is 38.2 Å². The average Bonchev–Trinajstić information content (AvgIpc) is 2.74. The van der Waals surface area contributed by atoms with Crippen LogP contribution in [0.2, 0.25) is 0 Å². The van der Waals surface area contributed by atoms with Crippen LogP contribution in [0.15, 0.2) is 48.5 Å². The fraction of sp³-hybridized carbons (Fsp3) is 0.391. The maximum Gasteiger partial charge on any atom is 0.338 e. The molecular weight excluding hydrogens is 368 g/mol. The fourth-order valence-corrected chi connectivity index (χ4v) is 3.25. The molecule has 0 unspecified atom stereocenters. The minimum absolute atomic E-state index is 0.315. The zero-order chi connectivity index (χ0) is 20.6. The summed E-state index contributed by atoms with van der Waals surface area (Å²) in [5.74, 6) is -0.425. The fourth-order valence-electron chi connectivity index (χ4n) is 3.25. The number of ether oxygens (including phenoxy) is 2. The zero-order valence-corrected chi connectivity index (χ0v) is 17.1. The van der Waals surface area contributed by atoms with Crippen LogP contribution in [0.5, 0.6) is 0 Å². The summed E-state index contributed by atoms with van der Waals surface area (Å²) in [5, 5.41) is 2.74. The molecular formula is C23H29N2O4+. The van der Waals surface area contributed by atoms with Crippen LogP contribution >= 0.6 is 0 Å². The van der Waals surface area contributed by atoms with Gasteiger partial charge in [-0.15, -0.1) is 0 Å². The van der Waals surface area contributed by atoms with E-state index in [9.17, 15) is 9.59 Å². The minimum Gasteiger partial charge on any atom is -0.452 e. The molecule has 6 heteroatoms. The number of quaternary nitrogens is 1. The Hall–Kier alpha value is -2.70. The first kappa shape index (κ1) is 21.0. The standard InChI is InChI=1S/C23H28N2O4/c1-17(2)19-7-9-21(10-8-19)24-22(26)16-29-23(27)20-5-3-18(4-6-20)15-25-11-13-28-14-12-25/h3-10,17H,11-16H2,1-2H3,(H,24,26)/p+1. The van der Waals surface area contributed by atoms with Gasteiger partial charge in [0.05, 0.1) is 18.8 Å². The molecule has 0 radical (unpaired) electrons. The lowest BCUT2D eigenvalue weighted by molar-refractivity contribution is -0.921. The van der Waals surface area contributed by atoms with Gasteiger partial charge in [0, 0.05) is 11.3 Å². The first-order chi connectivity index (χ1) is 14.0. The quantitative estimate of drug-likeness (QED) is 0.702. The molecule has 1 aliphatic rings. The van der Waals surface area contributed by atoms with Crippen molar-refractivity contribution in [3.63, 3.8) is 0 Å². The lowest BCUT2D eigenvalue weighted by Gasteiger charge is -2.23. The van der Waals surface area contributed by atoms with E-state index < -0.39 is 5.97 Å². The molecule has 2 aromatic carbocycles. The number of anilines is 1. The third kappa shape index (κ3) is 6.41. The third-order valence-corrected chi connectivity index (χ3v) is 5.04. The molecule has 1 amide bonds. The van der Waals surface area contributed by atoms with E-state index in [2.05, 4.69) is 19.2 Å². The Balaban J connectivity index is 1.45. The maximum absolute atomic E-state index is 12.2. The number of hydrogen-bond donors (Lipinski definition) is 2. The van der Waals surface area contributed by atoms with Gasteiger partial charge in [0.2, 0.25) is 0 Å². The Morgan fingerprint density at radius 1 is 1.03 bits per heavy atom. The van der Waals surface area contributed by atoms with Gasteiger partial charge in [0.25, 0.3) is 5.91 Å². The summed E-state index contributed by atoms with van der Waals surface area (Å²) >= 11 is 0. The largest absolute Gasteiger partial charge is 0.452 e. The van der Waals surface area contributed by atoms with Gasteiger partial charge in [0.1, 0.15) is 19.6 Å². The lowest BCUT2D eigenvalue weighted by atomic mass is 10.0. The van der Waals surface area contributed by atoms with Crippen molar-refractivity contribution in [2.45, 2.75) is 26.3 Å². The highest BCUT2D eigenvalue weighted by atomic mass is 16.5. The van der Waals surface area contributed by atoms with Gasteiger partial charge in [0.15, 0.2) is 6.61 Å². The Labute approximate surface area is 171 Å². The Morgan fingerprint density at radius 3 is 2.31 bits per heavy atom. The molecule has 29 heavy (non-hydrogen) atoms. The van der Waals surface area contributed by atoms with E-state index in [-0.39, 0.29) is 12.5 Å². The summed E-state index contributed by atoms with van der Waals surface area (Å²) < 4.78 is 10.5. The summed E-state index contributed by atoms with van der Waals surface area (Å²) in [7, 11) is 0. The molecule has 0 atom stereocenters. The van der Waals surface area contributed by atoms with E-state index in [1.54, 1.807) is 12.1 Å². The molecule has 0 aliphatic carbocycles. The van der Waals surface area contributed by atoms with E-state index in [0.29, 0.717) is 17.2 Å². The summed E-state index contributed by atoms with van der Waals surface area (Å²) in [4.78, 5) is 25.7. The summed E-state index contributed by atoms with van der Waals surface area (Å²) in [5.41, 5.74) is 3.50. The number of hydrogen-bond acceptors (Lipinski definition) is 4. The van der Waals surface area contributed by atoms with Gasteiger partial charge in [-0.3, -0.25) is 4.79 Å². The second kappa shape index (κ2) is 10.2. The molecule has 0 saturated carbocycles. The van der Waals surface area contributed by atoms with Crippen LogP contribution in [0.1, 0.15) is 41.3 Å². The van der Waals surface area contributed by atoms with Crippen LogP contribution in [0, 0.1) is 0 Å². The topological polar surface area (TPSA) is 69.1 Å². The first-order valence-corrected chi connectivity index (χ1v) is 10.1. The average molecular weight is 397 g/mol. The summed E-state index contributed by atoms with van der Waals surface area (Å²) in [6, 6.07) is 15.0. The van der Waals surface area contributed by atoms with Crippen molar-refractivity contribution >= 4 is 17.6 Å². The van der Waals surface area contributed by atoms with Gasteiger partial charge < -0.3 is 19.7 Å². The van der Waals surface area contributed by atoms with Crippen molar-refractivity contribution in [1.82, 2.24) is 0 Å². The SMILES string of the molecule is CC(C)c1ccc(NC(=O)COC(=O)c2ccc(C[NH+]3CCOCC3)cc2)cc1. The highest BCUT2D eigenvalue weighted by Gasteiger charge is 2.15. The summed E-state index contributed by atoms with van der Waals surface area (Å²) in [6.07, 6.45) is 0. The Kier molecular flexibility index (Phi) is 7.38. The first-order valence-electron chi connectivity index (χ1n) is 10.1. The number of amides is 1. The lowest BCUT2D eigenvalue weighted by Crippen LogP contribution is -3.12. The second-order valence-electron chi connectivity index (χ2n) is 7.64. The van der Waals surface area contributed by atoms with Gasteiger partial charge in [-0.1, -0.05) is 38.1 Å². The van der Waals surface area contributed by atoms with Crippen LogP contribution in [-0.4, -0.2) is 44.8 Å². The number of carbonyl (C=O) groups excluding carboxylic acids is 2. The predicted octanol–water partition coefficient (Wildman–Crippen LogP) is 2.02. The normalized spacial score (nSPS) is 14.6. The molecule has 0 bridgehead atoms. The van der Waals surface area contributed by atoms with Crippen molar-refractivity contribution in [1.29, 1.82) is 0 Å². The van der Waals surface area contributed by atoms with E-state index in [1.807, 2.05) is 36.4 Å². The van der Waals surface area contributed by atoms with Crippen LogP contribution in [0.25, 0.3) is 0 Å². The van der Waals surface area contributed by atoms with E-state index in [1.165, 1.54) is 16.0 Å². The van der Waals surface area contributed by atoms with Crippen molar-refractivity contribution in [3.8, 4) is 0 Å². The van der Waals surface area contributed by atoms with Crippen LogP contribution < -0.4 is 10.2 Å². The second-order valence-corrected chi connectivity index (χ2v) is 7.64. The molecule has 1 saturated heterocycles. The Morgan fingerprint density at radius 2 is 1.69 bits per heavy atom. The molecule has 6 nitrogen and oxygen atoms in total. The van der Waals surface area contributed by atoms with Crippen molar-refractivity contribution < 1.29 is 24.0 Å². The predicted molar refractivity (Wildman–Crippen MR) is 111 cm³/mol. The van der Waals surface area contributed by atoms with Crippen molar-refractivity contribution in [2.24, 2.45) is 0 Å². The van der Waals surface area contributed by atoms with Crippen LogP contribution in [0.3, 0.4) is 0 Å². The number of carbonyl (C=O) groups is 2. The molecule has 1 fully saturated rings. The highest BCUT2D eigenvalue weighted by Crippen LogP contribution is 2.17. The zero-order valence-electron chi connectivity index (χ0n) is 17.1. The minimum atomic E-state index is -0.499. The molecule has 2 N–H and O–H groups in total. The molecule has 154 valence electrons. The van der Waals surface area contributed by atoms with E-state index >= 15 is 0 Å². The molecule has 0 aromatic heterocycles. The molecule has 3 rings (SSSR count). The van der Waals surface area contributed by atoms with Gasteiger partial charge in [-0.25, -0.2) is 4.79 Å². The van der Waals surface area contributed by atoms with Crippen LogP contribution in [-0.2, 0) is 20.8 Å². The van der Waals surface area contributed by atoms with Gasteiger partial charge in [-0.2, -0.15) is 0 Å². The summed E-state index contributed by atoms with van der Waals surface area (Å²) in [6.45, 7) is 8.42. The number of benzene rings is 2. The monoisotopic (exact) mass is 397 g/mol. The van der Waals surface area contributed by atoms with Gasteiger partial charge >= 0.3 is 5.97 Å². The highest BCUT2D eigenvalue weighted by molar-refractivity contribution is 5.95. The van der Waals surface area contributed by atoms with E-state index in [0.717, 1.165) is 32.8 Å². The molecule has 1 aliphatic heterocycles. The number of nitrogens with one attached hydrogen (secondary N) is 2. The number of rotatable bonds is 7. The smallest absolute Gasteiger partial charge is 0.338 e. The number of morpholine rings is 1. The number of esters is 1. The molecule has 2 aromatic rings. The van der Waals surface area contributed by atoms with E-state index in [4.69, 9.17) is 9.47 Å². The molecule has 0 spiro atoms.